The molecule has 4 nitrogen and oxygen atoms in total. The number of nitrogens with zero attached hydrogens (tertiary/aromatic N) is 1. The zero-order chi connectivity index (χ0) is 15.4. The highest BCUT2D eigenvalue weighted by Crippen LogP contribution is 2.24. The highest BCUT2D eigenvalue weighted by Gasteiger charge is 2.14. The molecule has 4 N–H and O–H groups in total. The summed E-state index contributed by atoms with van der Waals surface area (Å²) in [5, 5.41) is 0. The smallest absolute Gasteiger partial charge is 0.250 e. The first-order valence-electron chi connectivity index (χ1n) is 6.63. The van der Waals surface area contributed by atoms with Crippen LogP contribution in [0.15, 0.2) is 42.5 Å². The first-order valence-corrected chi connectivity index (χ1v) is 6.63. The number of amides is 1. The maximum absolute atomic E-state index is 14.0. The Hall–Kier alpha value is -2.56. The summed E-state index contributed by atoms with van der Waals surface area (Å²) in [5.41, 5.74) is 12.5. The largest absolute Gasteiger partial charge is 0.398 e. The van der Waals surface area contributed by atoms with Gasteiger partial charge in [-0.05, 0) is 24.1 Å². The van der Waals surface area contributed by atoms with Crippen LogP contribution in [-0.4, -0.2) is 19.5 Å². The summed E-state index contributed by atoms with van der Waals surface area (Å²) in [5.74, 6) is -1.13. The van der Waals surface area contributed by atoms with Crippen LogP contribution in [-0.2, 0) is 6.42 Å². The minimum absolute atomic E-state index is 0.0557. The fourth-order valence-electron chi connectivity index (χ4n) is 2.15. The summed E-state index contributed by atoms with van der Waals surface area (Å²) < 4.78 is 14.0. The number of likely N-dealkylation sites (N-methyl/N-ethyl adjacent to an activating group) is 1. The third kappa shape index (κ3) is 3.51. The lowest BCUT2D eigenvalue weighted by molar-refractivity contribution is 0.100. The van der Waals surface area contributed by atoms with Gasteiger partial charge in [0, 0.05) is 19.3 Å². The van der Waals surface area contributed by atoms with Crippen molar-refractivity contribution in [2.24, 2.45) is 5.73 Å². The van der Waals surface area contributed by atoms with Crippen LogP contribution in [0, 0.1) is 5.82 Å². The molecule has 0 aliphatic carbocycles. The number of benzene rings is 2. The minimum atomic E-state index is -0.662. The Balaban J connectivity index is 2.17. The summed E-state index contributed by atoms with van der Waals surface area (Å²) in [7, 11) is 1.77. The molecule has 2 rings (SSSR count). The van der Waals surface area contributed by atoms with Crippen molar-refractivity contribution in [2.75, 3.05) is 24.2 Å². The lowest BCUT2D eigenvalue weighted by Gasteiger charge is -2.21. The quantitative estimate of drug-likeness (QED) is 0.828. The number of hydrogen-bond donors (Lipinski definition) is 2. The van der Waals surface area contributed by atoms with E-state index in [-0.39, 0.29) is 11.3 Å². The Labute approximate surface area is 123 Å². The van der Waals surface area contributed by atoms with E-state index in [0.29, 0.717) is 12.2 Å². The van der Waals surface area contributed by atoms with Crippen molar-refractivity contribution in [3.05, 3.63) is 59.4 Å². The zero-order valence-corrected chi connectivity index (χ0v) is 11.8. The molecule has 2 aromatic carbocycles. The normalized spacial score (nSPS) is 10.4. The second-order valence-corrected chi connectivity index (χ2v) is 4.91. The molecular formula is C16H18FN3O. The molecule has 0 aliphatic rings. The van der Waals surface area contributed by atoms with Gasteiger partial charge in [-0.15, -0.1) is 0 Å². The number of anilines is 2. The lowest BCUT2D eigenvalue weighted by atomic mass is 10.1. The molecule has 0 fully saturated rings. The van der Waals surface area contributed by atoms with E-state index >= 15 is 0 Å². The van der Waals surface area contributed by atoms with Crippen LogP contribution in [0.1, 0.15) is 15.9 Å². The topological polar surface area (TPSA) is 72.3 Å². The molecule has 1 amide bonds. The number of rotatable bonds is 5. The van der Waals surface area contributed by atoms with Crippen molar-refractivity contribution < 1.29 is 9.18 Å². The first kappa shape index (κ1) is 14.8. The molecule has 0 saturated carbocycles. The average molecular weight is 287 g/mol. The van der Waals surface area contributed by atoms with Crippen molar-refractivity contribution >= 4 is 17.3 Å². The van der Waals surface area contributed by atoms with Crippen LogP contribution < -0.4 is 16.4 Å². The van der Waals surface area contributed by atoms with Crippen LogP contribution in [0.3, 0.4) is 0 Å². The van der Waals surface area contributed by atoms with E-state index in [4.69, 9.17) is 11.5 Å². The van der Waals surface area contributed by atoms with Crippen LogP contribution in [0.2, 0.25) is 0 Å². The van der Waals surface area contributed by atoms with E-state index in [2.05, 4.69) is 0 Å². The Bertz CT molecular complexity index is 643. The van der Waals surface area contributed by atoms with Crippen molar-refractivity contribution in [2.45, 2.75) is 6.42 Å². The van der Waals surface area contributed by atoms with Gasteiger partial charge >= 0.3 is 0 Å². The summed E-state index contributed by atoms with van der Waals surface area (Å²) in [4.78, 5) is 13.0. The van der Waals surface area contributed by atoms with Gasteiger partial charge in [0.1, 0.15) is 5.82 Å². The average Bonchev–Trinajstić information content (AvgIpc) is 2.45. The fourth-order valence-corrected chi connectivity index (χ4v) is 2.15. The maximum Gasteiger partial charge on any atom is 0.250 e. The predicted molar refractivity (Wildman–Crippen MR) is 82.7 cm³/mol. The van der Waals surface area contributed by atoms with Crippen LogP contribution >= 0.6 is 0 Å². The Morgan fingerprint density at radius 1 is 1.24 bits per heavy atom. The van der Waals surface area contributed by atoms with Gasteiger partial charge in [0.05, 0.1) is 11.3 Å². The number of halogens is 1. The van der Waals surface area contributed by atoms with Crippen molar-refractivity contribution in [3.63, 3.8) is 0 Å². The van der Waals surface area contributed by atoms with Crippen LogP contribution in [0.5, 0.6) is 0 Å². The molecule has 0 spiro atoms. The zero-order valence-electron chi connectivity index (χ0n) is 11.8. The van der Waals surface area contributed by atoms with Gasteiger partial charge < -0.3 is 16.4 Å². The van der Waals surface area contributed by atoms with Crippen molar-refractivity contribution in [1.29, 1.82) is 0 Å². The lowest BCUT2D eigenvalue weighted by Crippen LogP contribution is -2.23. The molecule has 0 atom stereocenters. The van der Waals surface area contributed by atoms with Gasteiger partial charge in [0.2, 0.25) is 0 Å². The number of primary amides is 1. The number of nitrogen functional groups attached to an aromatic ring is 1. The SMILES string of the molecule is CN(CCc1ccccc1)c1cc(C(N)=O)c(N)cc1F. The van der Waals surface area contributed by atoms with E-state index in [0.717, 1.165) is 18.1 Å². The van der Waals surface area contributed by atoms with E-state index in [1.54, 1.807) is 11.9 Å². The molecule has 0 bridgehead atoms. The molecular weight excluding hydrogens is 269 g/mol. The van der Waals surface area contributed by atoms with Gasteiger partial charge in [-0.2, -0.15) is 0 Å². The predicted octanol–water partition coefficient (Wildman–Crippen LogP) is 2.19. The molecule has 0 aromatic heterocycles. The molecule has 0 radical (unpaired) electrons. The Morgan fingerprint density at radius 2 is 1.90 bits per heavy atom. The molecule has 0 heterocycles. The second kappa shape index (κ2) is 6.26. The molecule has 0 aliphatic heterocycles. The van der Waals surface area contributed by atoms with Crippen LogP contribution in [0.4, 0.5) is 15.8 Å². The molecule has 0 saturated heterocycles. The third-order valence-corrected chi connectivity index (χ3v) is 3.37. The van der Waals surface area contributed by atoms with E-state index in [9.17, 15) is 9.18 Å². The molecule has 0 unspecified atom stereocenters. The maximum atomic E-state index is 14.0. The number of carbonyl (C=O) groups is 1. The fraction of sp³-hybridized carbons (Fsp3) is 0.188. The standard InChI is InChI=1S/C16H18FN3O/c1-20(8-7-11-5-3-2-4-6-11)15-9-12(16(19)21)14(18)10-13(15)17/h2-6,9-10H,7-8,18H2,1H3,(H2,19,21). The Kier molecular flexibility index (Phi) is 4.42. The molecule has 2 aromatic rings. The van der Waals surface area contributed by atoms with Crippen molar-refractivity contribution in [1.82, 2.24) is 0 Å². The van der Waals surface area contributed by atoms with Gasteiger partial charge in [0.25, 0.3) is 5.91 Å². The summed E-state index contributed by atoms with van der Waals surface area (Å²) >= 11 is 0. The first-order chi connectivity index (χ1) is 9.99. The summed E-state index contributed by atoms with van der Waals surface area (Å²) in [6, 6.07) is 12.4. The van der Waals surface area contributed by atoms with Gasteiger partial charge in [-0.3, -0.25) is 4.79 Å². The molecule has 110 valence electrons. The number of carbonyl (C=O) groups excluding carboxylic acids is 1. The number of nitrogens with two attached hydrogens (primary N) is 2. The Morgan fingerprint density at radius 3 is 2.52 bits per heavy atom. The van der Waals surface area contributed by atoms with Gasteiger partial charge in [-0.25, -0.2) is 4.39 Å². The third-order valence-electron chi connectivity index (χ3n) is 3.37. The second-order valence-electron chi connectivity index (χ2n) is 4.91. The number of hydrogen-bond acceptors (Lipinski definition) is 3. The molecule has 5 heteroatoms. The van der Waals surface area contributed by atoms with E-state index < -0.39 is 11.7 Å². The van der Waals surface area contributed by atoms with E-state index in [1.807, 2.05) is 30.3 Å². The highest BCUT2D eigenvalue weighted by molar-refractivity contribution is 5.99. The highest BCUT2D eigenvalue weighted by atomic mass is 19.1. The monoisotopic (exact) mass is 287 g/mol. The van der Waals surface area contributed by atoms with Crippen LogP contribution in [0.25, 0.3) is 0 Å². The van der Waals surface area contributed by atoms with Gasteiger partial charge in [0.15, 0.2) is 0 Å². The van der Waals surface area contributed by atoms with E-state index in [1.165, 1.54) is 6.07 Å². The minimum Gasteiger partial charge on any atom is -0.398 e. The van der Waals surface area contributed by atoms with Crippen molar-refractivity contribution in [3.8, 4) is 0 Å². The summed E-state index contributed by atoms with van der Waals surface area (Å²) in [6.45, 7) is 0.614. The summed E-state index contributed by atoms with van der Waals surface area (Å²) in [6.07, 6.45) is 0.771. The van der Waals surface area contributed by atoms with Gasteiger partial charge in [-0.1, -0.05) is 30.3 Å². The molecule has 21 heavy (non-hydrogen) atoms.